The summed E-state index contributed by atoms with van der Waals surface area (Å²) < 4.78 is 0. The Kier molecular flexibility index (Phi) is 6.24. The molecule has 40 heavy (non-hydrogen) atoms. The van der Waals surface area contributed by atoms with Gasteiger partial charge in [-0.3, -0.25) is 0 Å². The van der Waals surface area contributed by atoms with Gasteiger partial charge in [0.1, 0.15) is 0 Å². The third-order valence-electron chi connectivity index (χ3n) is 7.44. The summed E-state index contributed by atoms with van der Waals surface area (Å²) in [6.45, 7) is 0. The van der Waals surface area contributed by atoms with Crippen molar-refractivity contribution in [3.8, 4) is 55.9 Å². The lowest BCUT2D eigenvalue weighted by Crippen LogP contribution is -1.92. The minimum absolute atomic E-state index is 0.963. The summed E-state index contributed by atoms with van der Waals surface area (Å²) in [5.41, 5.74) is 11.3. The van der Waals surface area contributed by atoms with Crippen LogP contribution in [0.5, 0.6) is 0 Å². The quantitative estimate of drug-likeness (QED) is 0.225. The lowest BCUT2D eigenvalue weighted by Gasteiger charge is -2.12. The van der Waals surface area contributed by atoms with Crippen LogP contribution in [0.15, 0.2) is 164 Å². The average Bonchev–Trinajstić information content (AvgIpc) is 3.05. The first kappa shape index (κ1) is 23.8. The van der Waals surface area contributed by atoms with E-state index in [-0.39, 0.29) is 0 Å². The fraction of sp³-hybridized carbons (Fsp3) is 0. The van der Waals surface area contributed by atoms with Crippen LogP contribution in [0.2, 0.25) is 0 Å². The van der Waals surface area contributed by atoms with Gasteiger partial charge in [-0.2, -0.15) is 0 Å². The highest BCUT2D eigenvalue weighted by Gasteiger charge is 2.11. The fourth-order valence-corrected chi connectivity index (χ4v) is 5.34. The Morgan fingerprint density at radius 2 is 0.700 bits per heavy atom. The molecule has 0 N–H and O–H groups in total. The summed E-state index contributed by atoms with van der Waals surface area (Å²) in [6, 6.07) is 58.1. The second kappa shape index (κ2) is 10.5. The van der Waals surface area contributed by atoms with Crippen molar-refractivity contribution in [3.05, 3.63) is 164 Å². The van der Waals surface area contributed by atoms with E-state index in [9.17, 15) is 0 Å². The summed E-state index contributed by atoms with van der Waals surface area (Å²) in [6.07, 6.45) is 0. The number of hydrogen-bond acceptors (Lipinski definition) is 1. The van der Waals surface area contributed by atoms with Gasteiger partial charge >= 0.3 is 0 Å². The van der Waals surface area contributed by atoms with Crippen molar-refractivity contribution in [1.29, 1.82) is 0 Å². The maximum Gasteiger partial charge on any atom is 0.0715 e. The van der Waals surface area contributed by atoms with Crippen LogP contribution in [0, 0.1) is 0 Å². The van der Waals surface area contributed by atoms with Crippen molar-refractivity contribution in [2.75, 3.05) is 0 Å². The molecule has 0 saturated heterocycles. The van der Waals surface area contributed by atoms with Crippen molar-refractivity contribution >= 4 is 10.8 Å². The van der Waals surface area contributed by atoms with Crippen LogP contribution >= 0.6 is 0 Å². The highest BCUT2D eigenvalue weighted by atomic mass is 14.7. The third kappa shape index (κ3) is 4.81. The molecule has 0 atom stereocenters. The summed E-state index contributed by atoms with van der Waals surface area (Å²) in [5.74, 6) is 0. The van der Waals surface area contributed by atoms with Crippen LogP contribution in [0.4, 0.5) is 0 Å². The largest absolute Gasteiger partial charge is 0.248 e. The molecule has 0 spiro atoms. The molecule has 6 aromatic carbocycles. The molecule has 188 valence electrons. The van der Waals surface area contributed by atoms with Gasteiger partial charge in [0.25, 0.3) is 0 Å². The molecule has 1 aromatic heterocycles. The molecule has 0 amide bonds. The van der Waals surface area contributed by atoms with Gasteiger partial charge in [0.15, 0.2) is 0 Å². The van der Waals surface area contributed by atoms with Crippen molar-refractivity contribution in [2.24, 2.45) is 0 Å². The number of hydrogen-bond donors (Lipinski definition) is 0. The zero-order chi connectivity index (χ0) is 26.7. The van der Waals surface area contributed by atoms with Gasteiger partial charge in [0, 0.05) is 11.1 Å². The Bertz CT molecular complexity index is 1940. The molecule has 0 unspecified atom stereocenters. The lowest BCUT2D eigenvalue weighted by atomic mass is 9.96. The summed E-state index contributed by atoms with van der Waals surface area (Å²) in [5, 5.41) is 2.45. The molecular formula is C39H27N. The Hall–Kier alpha value is -5.27. The van der Waals surface area contributed by atoms with E-state index in [1.165, 1.54) is 38.6 Å². The zero-order valence-electron chi connectivity index (χ0n) is 22.0. The maximum absolute atomic E-state index is 5.21. The van der Waals surface area contributed by atoms with Crippen LogP contribution < -0.4 is 0 Å². The number of rotatable bonds is 5. The SMILES string of the molecule is c1ccc(-c2cccc(-c3cccc(-c4cc(-c5ccccc5)cc(-c5ccc6ccccc6c5)n4)c3)c2)cc1. The Balaban J connectivity index is 1.34. The van der Waals surface area contributed by atoms with E-state index in [0.717, 1.165) is 28.1 Å². The monoisotopic (exact) mass is 509 g/mol. The van der Waals surface area contributed by atoms with E-state index in [2.05, 4.69) is 164 Å². The van der Waals surface area contributed by atoms with Crippen molar-refractivity contribution < 1.29 is 0 Å². The van der Waals surface area contributed by atoms with E-state index in [4.69, 9.17) is 4.98 Å². The van der Waals surface area contributed by atoms with E-state index in [1.54, 1.807) is 0 Å². The van der Waals surface area contributed by atoms with Gasteiger partial charge in [0.2, 0.25) is 0 Å². The second-order valence-corrected chi connectivity index (χ2v) is 10.1. The highest BCUT2D eigenvalue weighted by Crippen LogP contribution is 2.34. The summed E-state index contributed by atoms with van der Waals surface area (Å²) >= 11 is 0. The minimum Gasteiger partial charge on any atom is -0.248 e. The second-order valence-electron chi connectivity index (χ2n) is 10.1. The molecule has 0 aliphatic heterocycles. The molecule has 0 fully saturated rings. The Morgan fingerprint density at radius 3 is 1.35 bits per heavy atom. The van der Waals surface area contributed by atoms with Crippen LogP contribution in [0.1, 0.15) is 0 Å². The molecule has 0 aliphatic rings. The molecule has 0 saturated carbocycles. The van der Waals surface area contributed by atoms with Gasteiger partial charge < -0.3 is 0 Å². The van der Waals surface area contributed by atoms with Gasteiger partial charge in [-0.1, -0.05) is 133 Å². The molecule has 1 heteroatoms. The van der Waals surface area contributed by atoms with E-state index in [0.29, 0.717) is 0 Å². The zero-order valence-corrected chi connectivity index (χ0v) is 22.0. The van der Waals surface area contributed by atoms with Crippen molar-refractivity contribution in [1.82, 2.24) is 4.98 Å². The molecular weight excluding hydrogens is 482 g/mol. The standard InChI is InChI=1S/C39H27N/c1-3-11-28(12-4-1)32-17-9-18-33(23-32)34-19-10-20-35(25-34)38-26-37(29-13-5-2-6-14-29)27-39(40-38)36-22-21-30-15-7-8-16-31(30)24-36/h1-27H. The highest BCUT2D eigenvalue weighted by molar-refractivity contribution is 5.88. The van der Waals surface area contributed by atoms with E-state index in [1.807, 2.05) is 0 Å². The Labute approximate surface area is 235 Å². The van der Waals surface area contributed by atoms with Crippen LogP contribution in [0.3, 0.4) is 0 Å². The first-order valence-corrected chi connectivity index (χ1v) is 13.6. The van der Waals surface area contributed by atoms with Crippen molar-refractivity contribution in [3.63, 3.8) is 0 Å². The summed E-state index contributed by atoms with van der Waals surface area (Å²) in [4.78, 5) is 5.21. The van der Waals surface area contributed by atoms with Crippen LogP contribution in [0.25, 0.3) is 66.7 Å². The molecule has 1 nitrogen and oxygen atoms in total. The predicted octanol–water partition coefficient (Wildman–Crippen LogP) is 10.6. The van der Waals surface area contributed by atoms with E-state index < -0.39 is 0 Å². The summed E-state index contributed by atoms with van der Waals surface area (Å²) in [7, 11) is 0. The molecule has 7 rings (SSSR count). The normalized spacial score (nSPS) is 11.0. The van der Waals surface area contributed by atoms with Crippen molar-refractivity contribution in [2.45, 2.75) is 0 Å². The smallest absolute Gasteiger partial charge is 0.0715 e. The molecule has 0 bridgehead atoms. The van der Waals surface area contributed by atoms with Gasteiger partial charge in [0.05, 0.1) is 11.4 Å². The third-order valence-corrected chi connectivity index (χ3v) is 7.44. The first-order chi connectivity index (χ1) is 19.8. The fourth-order valence-electron chi connectivity index (χ4n) is 5.34. The molecule has 0 radical (unpaired) electrons. The molecule has 0 aliphatic carbocycles. The topological polar surface area (TPSA) is 12.9 Å². The number of benzene rings is 6. The van der Waals surface area contributed by atoms with Crippen LogP contribution in [-0.4, -0.2) is 4.98 Å². The number of fused-ring (bicyclic) bond motifs is 1. The minimum atomic E-state index is 0.963. The first-order valence-electron chi connectivity index (χ1n) is 13.6. The van der Waals surface area contributed by atoms with Crippen LogP contribution in [-0.2, 0) is 0 Å². The predicted molar refractivity (Wildman–Crippen MR) is 169 cm³/mol. The van der Waals surface area contributed by atoms with Gasteiger partial charge in [-0.05, 0) is 74.5 Å². The maximum atomic E-state index is 5.21. The number of nitrogens with zero attached hydrogens (tertiary/aromatic N) is 1. The Morgan fingerprint density at radius 1 is 0.250 bits per heavy atom. The van der Waals surface area contributed by atoms with Gasteiger partial charge in [-0.15, -0.1) is 0 Å². The number of pyridine rings is 1. The van der Waals surface area contributed by atoms with Gasteiger partial charge in [-0.25, -0.2) is 4.98 Å². The molecule has 7 aromatic rings. The van der Waals surface area contributed by atoms with E-state index >= 15 is 0 Å². The lowest BCUT2D eigenvalue weighted by molar-refractivity contribution is 1.32. The number of aromatic nitrogens is 1. The molecule has 1 heterocycles. The average molecular weight is 510 g/mol.